The van der Waals surface area contributed by atoms with Crippen LogP contribution in [0.15, 0.2) is 16.6 Å². The molecule has 94 valence electrons. The van der Waals surface area contributed by atoms with Crippen LogP contribution in [0.3, 0.4) is 0 Å². The number of rotatable bonds is 4. The summed E-state index contributed by atoms with van der Waals surface area (Å²) in [5.41, 5.74) is -0.546. The van der Waals surface area contributed by atoms with Gasteiger partial charge in [0.15, 0.2) is 0 Å². The van der Waals surface area contributed by atoms with Gasteiger partial charge in [-0.15, -0.1) is 0 Å². The van der Waals surface area contributed by atoms with Crippen molar-refractivity contribution in [1.29, 1.82) is 0 Å². The maximum atomic E-state index is 13.4. The average molecular weight is 371 g/mol. The molecule has 1 aromatic rings. The molecule has 17 heavy (non-hydrogen) atoms. The van der Waals surface area contributed by atoms with Crippen LogP contribution in [0.4, 0.5) is 8.78 Å². The van der Waals surface area contributed by atoms with Crippen molar-refractivity contribution in [2.24, 2.45) is 5.92 Å². The highest BCUT2D eigenvalue weighted by Gasteiger charge is 2.18. The zero-order chi connectivity index (χ0) is 13.0. The zero-order valence-corrected chi connectivity index (χ0v) is 12.2. The molecule has 0 aromatic heterocycles. The summed E-state index contributed by atoms with van der Waals surface area (Å²) >= 11 is 6.21. The van der Waals surface area contributed by atoms with Crippen molar-refractivity contribution in [2.45, 2.75) is 6.92 Å². The maximum Gasteiger partial charge on any atom is 0.257 e. The standard InChI is InChI=1S/C11H11Br2F2NO/c1-6(4-12)5-16-11(17)10-8(14)2-7(13)3-9(10)15/h2-3,6H,4-5H2,1H3,(H,16,17). The van der Waals surface area contributed by atoms with Crippen molar-refractivity contribution in [3.8, 4) is 0 Å². The van der Waals surface area contributed by atoms with E-state index in [1.54, 1.807) is 0 Å². The van der Waals surface area contributed by atoms with E-state index in [1.807, 2.05) is 6.92 Å². The SMILES string of the molecule is CC(CBr)CNC(=O)c1c(F)cc(Br)cc1F. The Labute approximate surface area is 115 Å². The molecule has 1 atom stereocenters. The minimum atomic E-state index is -0.874. The lowest BCUT2D eigenvalue weighted by Gasteiger charge is -2.10. The topological polar surface area (TPSA) is 29.1 Å². The number of carbonyl (C=O) groups excluding carboxylic acids is 1. The van der Waals surface area contributed by atoms with E-state index in [0.29, 0.717) is 11.9 Å². The molecule has 0 saturated heterocycles. The first-order valence-corrected chi connectivity index (χ1v) is 6.85. The van der Waals surface area contributed by atoms with E-state index >= 15 is 0 Å². The van der Waals surface area contributed by atoms with Gasteiger partial charge in [0, 0.05) is 16.3 Å². The third kappa shape index (κ3) is 4.03. The van der Waals surface area contributed by atoms with E-state index in [2.05, 4.69) is 37.2 Å². The van der Waals surface area contributed by atoms with Crippen molar-refractivity contribution in [3.63, 3.8) is 0 Å². The molecule has 0 aliphatic carbocycles. The van der Waals surface area contributed by atoms with Crippen molar-refractivity contribution >= 4 is 37.8 Å². The van der Waals surface area contributed by atoms with Gasteiger partial charge in [0.1, 0.15) is 17.2 Å². The van der Waals surface area contributed by atoms with Gasteiger partial charge in [-0.25, -0.2) is 8.78 Å². The normalized spacial score (nSPS) is 12.3. The van der Waals surface area contributed by atoms with Crippen LogP contribution in [0, 0.1) is 17.6 Å². The Morgan fingerprint density at radius 2 is 1.94 bits per heavy atom. The fraction of sp³-hybridized carbons (Fsp3) is 0.364. The van der Waals surface area contributed by atoms with Crippen molar-refractivity contribution in [3.05, 3.63) is 33.8 Å². The van der Waals surface area contributed by atoms with E-state index < -0.39 is 23.1 Å². The Balaban J connectivity index is 2.82. The molecule has 0 heterocycles. The average Bonchev–Trinajstić information content (AvgIpc) is 2.24. The molecule has 1 amide bonds. The van der Waals surface area contributed by atoms with E-state index in [9.17, 15) is 13.6 Å². The number of hydrogen-bond donors (Lipinski definition) is 1. The number of benzene rings is 1. The molecule has 1 N–H and O–H groups in total. The minimum absolute atomic E-state index is 0.195. The molecule has 0 aliphatic heterocycles. The molecule has 0 bridgehead atoms. The smallest absolute Gasteiger partial charge is 0.257 e. The molecule has 0 radical (unpaired) electrons. The Bertz CT molecular complexity index is 403. The highest BCUT2D eigenvalue weighted by molar-refractivity contribution is 9.10. The Morgan fingerprint density at radius 1 is 1.41 bits per heavy atom. The van der Waals surface area contributed by atoms with E-state index in [1.165, 1.54) is 0 Å². The molecule has 0 spiro atoms. The molecule has 0 aliphatic rings. The van der Waals surface area contributed by atoms with Crippen LogP contribution in [-0.2, 0) is 0 Å². The highest BCUT2D eigenvalue weighted by atomic mass is 79.9. The fourth-order valence-electron chi connectivity index (χ4n) is 1.17. The van der Waals surface area contributed by atoms with E-state index in [0.717, 1.165) is 12.1 Å². The van der Waals surface area contributed by atoms with Crippen LogP contribution in [0.1, 0.15) is 17.3 Å². The zero-order valence-electron chi connectivity index (χ0n) is 9.07. The quantitative estimate of drug-likeness (QED) is 0.807. The molecule has 0 fully saturated rings. The first-order valence-electron chi connectivity index (χ1n) is 4.94. The third-order valence-electron chi connectivity index (χ3n) is 2.11. The summed E-state index contributed by atoms with van der Waals surface area (Å²) in [6.45, 7) is 2.27. The van der Waals surface area contributed by atoms with Gasteiger partial charge in [-0.1, -0.05) is 38.8 Å². The lowest BCUT2D eigenvalue weighted by atomic mass is 10.1. The largest absolute Gasteiger partial charge is 0.352 e. The fourth-order valence-corrected chi connectivity index (χ4v) is 1.80. The van der Waals surface area contributed by atoms with Gasteiger partial charge < -0.3 is 5.32 Å². The molecule has 1 rings (SSSR count). The molecule has 0 saturated carbocycles. The van der Waals surface area contributed by atoms with Crippen LogP contribution in [0.2, 0.25) is 0 Å². The van der Waals surface area contributed by atoms with Crippen LogP contribution in [-0.4, -0.2) is 17.8 Å². The van der Waals surface area contributed by atoms with Gasteiger partial charge in [-0.3, -0.25) is 4.79 Å². The van der Waals surface area contributed by atoms with Gasteiger partial charge in [0.05, 0.1) is 0 Å². The van der Waals surface area contributed by atoms with Gasteiger partial charge >= 0.3 is 0 Å². The summed E-state index contributed by atoms with van der Waals surface area (Å²) < 4.78 is 27.1. The minimum Gasteiger partial charge on any atom is -0.352 e. The highest BCUT2D eigenvalue weighted by Crippen LogP contribution is 2.19. The van der Waals surface area contributed by atoms with Crippen molar-refractivity contribution < 1.29 is 13.6 Å². The van der Waals surface area contributed by atoms with Gasteiger partial charge in [0.2, 0.25) is 0 Å². The molecule has 2 nitrogen and oxygen atoms in total. The number of hydrogen-bond acceptors (Lipinski definition) is 1. The lowest BCUT2D eigenvalue weighted by Crippen LogP contribution is -2.30. The van der Waals surface area contributed by atoms with Gasteiger partial charge in [-0.2, -0.15) is 0 Å². The summed E-state index contributed by atoms with van der Waals surface area (Å²) in [6.07, 6.45) is 0. The number of amides is 1. The van der Waals surface area contributed by atoms with Gasteiger partial charge in [-0.05, 0) is 18.1 Å². The number of nitrogens with one attached hydrogen (secondary N) is 1. The maximum absolute atomic E-state index is 13.4. The Morgan fingerprint density at radius 3 is 2.41 bits per heavy atom. The third-order valence-corrected chi connectivity index (χ3v) is 3.67. The first kappa shape index (κ1) is 14.6. The molecule has 1 aromatic carbocycles. The number of halogens is 4. The van der Waals surface area contributed by atoms with E-state index in [-0.39, 0.29) is 10.4 Å². The van der Waals surface area contributed by atoms with Gasteiger partial charge in [0.25, 0.3) is 5.91 Å². The van der Waals surface area contributed by atoms with Crippen LogP contribution in [0.25, 0.3) is 0 Å². The second-order valence-electron chi connectivity index (χ2n) is 3.71. The summed E-state index contributed by atoms with van der Waals surface area (Å²) in [6, 6.07) is 2.12. The number of alkyl halides is 1. The Hall–Kier alpha value is -0.490. The van der Waals surface area contributed by atoms with Crippen LogP contribution in [0.5, 0.6) is 0 Å². The summed E-state index contributed by atoms with van der Waals surface area (Å²) in [7, 11) is 0. The summed E-state index contributed by atoms with van der Waals surface area (Å²) in [5.74, 6) is -2.29. The molecular weight excluding hydrogens is 360 g/mol. The predicted molar refractivity (Wildman–Crippen MR) is 69.3 cm³/mol. The lowest BCUT2D eigenvalue weighted by molar-refractivity contribution is 0.0941. The second-order valence-corrected chi connectivity index (χ2v) is 5.28. The number of carbonyl (C=O) groups is 1. The van der Waals surface area contributed by atoms with Crippen molar-refractivity contribution in [1.82, 2.24) is 5.32 Å². The Kier molecular flexibility index (Phi) is 5.52. The van der Waals surface area contributed by atoms with Crippen LogP contribution < -0.4 is 5.32 Å². The second kappa shape index (κ2) is 6.44. The summed E-state index contributed by atoms with van der Waals surface area (Å²) in [5, 5.41) is 3.19. The molecule has 6 heteroatoms. The molecular formula is C11H11Br2F2NO. The van der Waals surface area contributed by atoms with Crippen molar-refractivity contribution in [2.75, 3.05) is 11.9 Å². The summed E-state index contributed by atoms with van der Waals surface area (Å²) in [4.78, 5) is 11.6. The predicted octanol–water partition coefficient (Wildman–Crippen LogP) is 3.49. The van der Waals surface area contributed by atoms with E-state index in [4.69, 9.17) is 0 Å². The first-order chi connectivity index (χ1) is 7.95. The molecule has 1 unspecified atom stereocenters. The van der Waals surface area contributed by atoms with Crippen LogP contribution >= 0.6 is 31.9 Å². The monoisotopic (exact) mass is 369 g/mol.